The summed E-state index contributed by atoms with van der Waals surface area (Å²) in [5.41, 5.74) is 8.35. The minimum Gasteiger partial charge on any atom is -0.348 e. The van der Waals surface area contributed by atoms with E-state index in [1.165, 1.54) is 5.56 Å². The number of nitrogens with two attached hydrogens (primary N) is 1. The summed E-state index contributed by atoms with van der Waals surface area (Å²) in [4.78, 5) is 12.0. The van der Waals surface area contributed by atoms with Gasteiger partial charge in [-0.25, -0.2) is 0 Å². The van der Waals surface area contributed by atoms with Gasteiger partial charge in [-0.05, 0) is 30.4 Å². The van der Waals surface area contributed by atoms with E-state index in [4.69, 9.17) is 5.73 Å². The van der Waals surface area contributed by atoms with Gasteiger partial charge in [-0.3, -0.25) is 4.79 Å². The standard InChI is InChI=1S/C16H26N2O.ClH/c1-5-11(3)15(17)16(19)18-12(4)14-9-7-13(6-2)8-10-14;/h7-12,15H,5-6,17H2,1-4H3,(H,18,19);1H. The summed E-state index contributed by atoms with van der Waals surface area (Å²) in [7, 11) is 0. The minimum absolute atomic E-state index is 0. The zero-order valence-corrected chi connectivity index (χ0v) is 13.7. The number of carbonyl (C=O) groups is 1. The zero-order chi connectivity index (χ0) is 14.4. The van der Waals surface area contributed by atoms with Crippen molar-refractivity contribution in [2.45, 2.75) is 52.6 Å². The Morgan fingerprint density at radius 3 is 2.20 bits per heavy atom. The summed E-state index contributed by atoms with van der Waals surface area (Å²) >= 11 is 0. The van der Waals surface area contributed by atoms with Crippen molar-refractivity contribution < 1.29 is 4.79 Å². The summed E-state index contributed by atoms with van der Waals surface area (Å²) in [6, 6.07) is 7.91. The van der Waals surface area contributed by atoms with E-state index < -0.39 is 6.04 Å². The van der Waals surface area contributed by atoms with E-state index in [1.54, 1.807) is 0 Å². The van der Waals surface area contributed by atoms with E-state index >= 15 is 0 Å². The Labute approximate surface area is 128 Å². The third kappa shape index (κ3) is 5.14. The average Bonchev–Trinajstić information content (AvgIpc) is 2.45. The largest absolute Gasteiger partial charge is 0.348 e. The number of halogens is 1. The maximum absolute atomic E-state index is 12.0. The number of amides is 1. The van der Waals surface area contributed by atoms with Crippen LogP contribution in [0.4, 0.5) is 0 Å². The second-order valence-electron chi connectivity index (χ2n) is 5.24. The summed E-state index contributed by atoms with van der Waals surface area (Å²) in [6.07, 6.45) is 1.94. The lowest BCUT2D eigenvalue weighted by molar-refractivity contribution is -0.124. The maximum Gasteiger partial charge on any atom is 0.237 e. The van der Waals surface area contributed by atoms with Crippen LogP contribution in [0.2, 0.25) is 0 Å². The fourth-order valence-electron chi connectivity index (χ4n) is 1.95. The molecule has 1 aromatic rings. The molecule has 0 saturated carbocycles. The molecular formula is C16H27ClN2O. The van der Waals surface area contributed by atoms with Crippen LogP contribution in [0, 0.1) is 5.92 Å². The third-order valence-corrected chi connectivity index (χ3v) is 3.81. The van der Waals surface area contributed by atoms with Gasteiger partial charge in [-0.2, -0.15) is 0 Å². The molecule has 1 amide bonds. The molecule has 3 N–H and O–H groups in total. The van der Waals surface area contributed by atoms with Crippen molar-refractivity contribution in [3.63, 3.8) is 0 Å². The fourth-order valence-corrected chi connectivity index (χ4v) is 1.95. The van der Waals surface area contributed by atoms with Gasteiger partial charge in [0.1, 0.15) is 0 Å². The van der Waals surface area contributed by atoms with Crippen LogP contribution in [0.15, 0.2) is 24.3 Å². The Hall–Kier alpha value is -1.06. The van der Waals surface area contributed by atoms with Gasteiger partial charge in [-0.15, -0.1) is 12.4 Å². The number of aryl methyl sites for hydroxylation is 1. The van der Waals surface area contributed by atoms with Gasteiger partial charge < -0.3 is 11.1 Å². The Morgan fingerprint density at radius 1 is 1.20 bits per heavy atom. The summed E-state index contributed by atoms with van der Waals surface area (Å²) in [6.45, 7) is 8.17. The predicted octanol–water partition coefficient (Wildman–Crippen LogP) is 3.22. The highest BCUT2D eigenvalue weighted by molar-refractivity contribution is 5.85. The van der Waals surface area contributed by atoms with Crippen LogP contribution in [0.25, 0.3) is 0 Å². The normalized spacial score (nSPS) is 14.8. The minimum atomic E-state index is -0.428. The van der Waals surface area contributed by atoms with Gasteiger partial charge in [0.05, 0.1) is 12.1 Å². The first-order valence-corrected chi connectivity index (χ1v) is 7.14. The molecule has 0 aliphatic heterocycles. The Morgan fingerprint density at radius 2 is 1.75 bits per heavy atom. The average molecular weight is 299 g/mol. The van der Waals surface area contributed by atoms with Crippen molar-refractivity contribution in [1.29, 1.82) is 0 Å². The number of hydrogen-bond acceptors (Lipinski definition) is 2. The van der Waals surface area contributed by atoms with Gasteiger partial charge in [0, 0.05) is 0 Å². The van der Waals surface area contributed by atoms with Gasteiger partial charge in [0.25, 0.3) is 0 Å². The molecule has 0 radical (unpaired) electrons. The number of benzene rings is 1. The molecule has 114 valence electrons. The summed E-state index contributed by atoms with van der Waals surface area (Å²) in [5, 5.41) is 2.98. The van der Waals surface area contributed by atoms with E-state index in [1.807, 2.05) is 20.8 Å². The Balaban J connectivity index is 0.00000361. The zero-order valence-electron chi connectivity index (χ0n) is 12.8. The van der Waals surface area contributed by atoms with Crippen molar-refractivity contribution in [3.05, 3.63) is 35.4 Å². The molecule has 3 atom stereocenters. The van der Waals surface area contributed by atoms with Crippen LogP contribution in [0.1, 0.15) is 51.3 Å². The molecule has 3 nitrogen and oxygen atoms in total. The molecule has 0 bridgehead atoms. The number of hydrogen-bond donors (Lipinski definition) is 2. The molecule has 0 aromatic heterocycles. The van der Waals surface area contributed by atoms with Crippen LogP contribution >= 0.6 is 12.4 Å². The van der Waals surface area contributed by atoms with Crippen molar-refractivity contribution in [2.24, 2.45) is 11.7 Å². The molecule has 0 heterocycles. The van der Waals surface area contributed by atoms with E-state index in [2.05, 4.69) is 36.5 Å². The molecule has 0 fully saturated rings. The summed E-state index contributed by atoms with van der Waals surface area (Å²) < 4.78 is 0. The Kier molecular flexibility index (Phi) is 8.51. The van der Waals surface area contributed by atoms with E-state index in [0.29, 0.717) is 0 Å². The van der Waals surface area contributed by atoms with Crippen LogP contribution in [-0.2, 0) is 11.2 Å². The number of rotatable bonds is 6. The van der Waals surface area contributed by atoms with Crippen LogP contribution in [-0.4, -0.2) is 11.9 Å². The van der Waals surface area contributed by atoms with Gasteiger partial charge >= 0.3 is 0 Å². The molecule has 1 rings (SSSR count). The SMILES string of the molecule is CCc1ccc(C(C)NC(=O)C(N)C(C)CC)cc1.Cl. The highest BCUT2D eigenvalue weighted by Gasteiger charge is 2.21. The number of carbonyl (C=O) groups excluding carboxylic acids is 1. The van der Waals surface area contributed by atoms with Crippen LogP contribution in [0.3, 0.4) is 0 Å². The van der Waals surface area contributed by atoms with Gasteiger partial charge in [0.2, 0.25) is 5.91 Å². The fraction of sp³-hybridized carbons (Fsp3) is 0.562. The second kappa shape index (κ2) is 8.98. The lowest BCUT2D eigenvalue weighted by Gasteiger charge is -2.21. The quantitative estimate of drug-likeness (QED) is 0.847. The molecule has 0 aliphatic rings. The lowest BCUT2D eigenvalue weighted by Crippen LogP contribution is -2.45. The van der Waals surface area contributed by atoms with Crippen molar-refractivity contribution in [2.75, 3.05) is 0 Å². The Bertz CT molecular complexity index is 405. The highest BCUT2D eigenvalue weighted by Crippen LogP contribution is 2.15. The molecule has 0 aliphatic carbocycles. The lowest BCUT2D eigenvalue weighted by atomic mass is 9.98. The molecule has 1 aromatic carbocycles. The smallest absolute Gasteiger partial charge is 0.237 e. The monoisotopic (exact) mass is 298 g/mol. The van der Waals surface area contributed by atoms with Crippen LogP contribution in [0.5, 0.6) is 0 Å². The second-order valence-corrected chi connectivity index (χ2v) is 5.24. The van der Waals surface area contributed by atoms with E-state index in [-0.39, 0.29) is 30.3 Å². The molecule has 0 spiro atoms. The maximum atomic E-state index is 12.0. The van der Waals surface area contributed by atoms with E-state index in [9.17, 15) is 4.79 Å². The van der Waals surface area contributed by atoms with Crippen LogP contribution < -0.4 is 11.1 Å². The van der Waals surface area contributed by atoms with Crippen molar-refractivity contribution in [1.82, 2.24) is 5.32 Å². The third-order valence-electron chi connectivity index (χ3n) is 3.81. The first-order chi connectivity index (χ1) is 8.99. The molecule has 0 saturated heterocycles. The van der Waals surface area contributed by atoms with Gasteiger partial charge in [-0.1, -0.05) is 51.5 Å². The first-order valence-electron chi connectivity index (χ1n) is 7.14. The summed E-state index contributed by atoms with van der Waals surface area (Å²) in [5.74, 6) is 0.135. The highest BCUT2D eigenvalue weighted by atomic mass is 35.5. The van der Waals surface area contributed by atoms with Crippen molar-refractivity contribution in [3.8, 4) is 0 Å². The molecule has 20 heavy (non-hydrogen) atoms. The van der Waals surface area contributed by atoms with E-state index in [0.717, 1.165) is 18.4 Å². The molecule has 3 unspecified atom stereocenters. The first kappa shape index (κ1) is 18.9. The predicted molar refractivity (Wildman–Crippen MR) is 87.1 cm³/mol. The van der Waals surface area contributed by atoms with Crippen molar-refractivity contribution >= 4 is 18.3 Å². The topological polar surface area (TPSA) is 55.1 Å². The molecule has 4 heteroatoms. The molecular weight excluding hydrogens is 272 g/mol. The van der Waals surface area contributed by atoms with Gasteiger partial charge in [0.15, 0.2) is 0 Å². The number of nitrogens with one attached hydrogen (secondary N) is 1.